The summed E-state index contributed by atoms with van der Waals surface area (Å²) < 4.78 is 20.2. The molecule has 5 rings (SSSR count). The predicted molar refractivity (Wildman–Crippen MR) is 173 cm³/mol. The Morgan fingerprint density at radius 2 is 1.88 bits per heavy atom. The zero-order chi connectivity index (χ0) is 29.8. The number of methoxy groups -OCH3 is 1. The van der Waals surface area contributed by atoms with Crippen LogP contribution < -0.4 is 24.4 Å². The van der Waals surface area contributed by atoms with Gasteiger partial charge in [0.1, 0.15) is 6.61 Å². The monoisotopic (exact) mass is 714 g/mol. The number of halogens is 2. The van der Waals surface area contributed by atoms with Crippen molar-refractivity contribution < 1.29 is 19.0 Å². The summed E-state index contributed by atoms with van der Waals surface area (Å²) in [6, 6.07) is 20.2. The molecule has 0 saturated heterocycles. The Hall–Kier alpha value is -3.41. The highest BCUT2D eigenvalue weighted by molar-refractivity contribution is 14.1. The van der Waals surface area contributed by atoms with E-state index in [2.05, 4.69) is 22.6 Å². The summed E-state index contributed by atoms with van der Waals surface area (Å²) in [6.07, 6.45) is 2.34. The Balaban J connectivity index is 1.60. The highest BCUT2D eigenvalue weighted by Gasteiger charge is 2.33. The number of benzene rings is 3. The lowest BCUT2D eigenvalue weighted by atomic mass is 9.95. The van der Waals surface area contributed by atoms with Crippen molar-refractivity contribution in [3.8, 4) is 11.5 Å². The van der Waals surface area contributed by atoms with Crippen molar-refractivity contribution in [1.82, 2.24) is 4.57 Å². The van der Waals surface area contributed by atoms with Crippen molar-refractivity contribution >= 4 is 57.6 Å². The molecule has 1 atom stereocenters. The summed E-state index contributed by atoms with van der Waals surface area (Å²) in [4.78, 5) is 32.2. The van der Waals surface area contributed by atoms with Crippen LogP contribution in [0.15, 0.2) is 87.8 Å². The largest absolute Gasteiger partial charge is 0.490 e. The summed E-state index contributed by atoms with van der Waals surface area (Å²) in [7, 11) is 1.34. The third kappa shape index (κ3) is 6.18. The zero-order valence-corrected chi connectivity index (χ0v) is 27.0. The molecule has 1 aromatic heterocycles. The van der Waals surface area contributed by atoms with E-state index in [1.807, 2.05) is 86.7 Å². The van der Waals surface area contributed by atoms with Gasteiger partial charge in [-0.05, 0) is 83.0 Å². The number of hydrogen-bond donors (Lipinski definition) is 0. The van der Waals surface area contributed by atoms with Crippen molar-refractivity contribution in [2.24, 2.45) is 4.99 Å². The molecular weight excluding hydrogens is 687 g/mol. The van der Waals surface area contributed by atoms with E-state index < -0.39 is 12.0 Å². The van der Waals surface area contributed by atoms with E-state index in [1.54, 1.807) is 4.57 Å². The quantitative estimate of drug-likeness (QED) is 0.156. The Morgan fingerprint density at radius 1 is 1.10 bits per heavy atom. The van der Waals surface area contributed by atoms with Crippen molar-refractivity contribution in [3.05, 3.63) is 123 Å². The van der Waals surface area contributed by atoms with Crippen LogP contribution in [-0.4, -0.2) is 24.3 Å². The number of nitrogens with zero attached hydrogens (tertiary/aromatic N) is 2. The third-order valence-corrected chi connectivity index (χ3v) is 8.69. The Kier molecular flexibility index (Phi) is 9.50. The van der Waals surface area contributed by atoms with Gasteiger partial charge < -0.3 is 14.2 Å². The number of rotatable bonds is 9. The molecule has 42 heavy (non-hydrogen) atoms. The Morgan fingerprint density at radius 3 is 2.57 bits per heavy atom. The first-order chi connectivity index (χ1) is 20.3. The number of thiazole rings is 1. The first-order valence-electron chi connectivity index (χ1n) is 13.4. The fourth-order valence-electron chi connectivity index (χ4n) is 4.82. The Bertz CT molecular complexity index is 1850. The fraction of sp³-hybridized carbons (Fsp3) is 0.219. The van der Waals surface area contributed by atoms with Crippen molar-refractivity contribution in [2.45, 2.75) is 32.9 Å². The second kappa shape index (κ2) is 13.3. The maximum absolute atomic E-state index is 13.9. The van der Waals surface area contributed by atoms with Crippen molar-refractivity contribution in [2.75, 3.05) is 13.7 Å². The molecule has 216 valence electrons. The molecule has 7 nitrogen and oxygen atoms in total. The van der Waals surface area contributed by atoms with E-state index in [4.69, 9.17) is 30.8 Å². The number of esters is 1. The minimum atomic E-state index is -0.645. The van der Waals surface area contributed by atoms with Crippen LogP contribution in [-0.2, 0) is 16.1 Å². The SMILES string of the molecule is CCOc1cc(/C=c2/sc3n(c2=O)[C@H](c2ccccc2)C(C(=O)OC)=C(CC)N=3)cc(I)c1OCc1cccc(Cl)c1. The Labute approximate surface area is 265 Å². The van der Waals surface area contributed by atoms with Crippen LogP contribution in [0.5, 0.6) is 11.5 Å². The predicted octanol–water partition coefficient (Wildman–Crippen LogP) is 6.03. The number of carbonyl (C=O) groups is 1. The fourth-order valence-corrected chi connectivity index (χ4v) is 6.84. The van der Waals surface area contributed by atoms with Gasteiger partial charge in [0.05, 0.1) is 39.1 Å². The third-order valence-electron chi connectivity index (χ3n) is 6.67. The second-order valence-corrected chi connectivity index (χ2v) is 12.0. The molecule has 4 aromatic rings. The molecule has 1 aliphatic rings. The molecule has 0 N–H and O–H groups in total. The van der Waals surface area contributed by atoms with E-state index in [1.165, 1.54) is 18.4 Å². The van der Waals surface area contributed by atoms with E-state index in [-0.39, 0.29) is 5.56 Å². The van der Waals surface area contributed by atoms with Gasteiger partial charge in [-0.3, -0.25) is 9.36 Å². The van der Waals surface area contributed by atoms with Gasteiger partial charge in [0.25, 0.3) is 5.56 Å². The van der Waals surface area contributed by atoms with Crippen LogP contribution in [0.25, 0.3) is 6.08 Å². The van der Waals surface area contributed by atoms with Gasteiger partial charge in [0, 0.05) is 5.02 Å². The highest BCUT2D eigenvalue weighted by atomic mass is 127. The number of fused-ring (bicyclic) bond motifs is 1. The number of aromatic nitrogens is 1. The van der Waals surface area contributed by atoms with Crippen LogP contribution in [0.2, 0.25) is 5.02 Å². The van der Waals surface area contributed by atoms with Crippen molar-refractivity contribution in [1.29, 1.82) is 0 Å². The van der Waals surface area contributed by atoms with Gasteiger partial charge in [-0.25, -0.2) is 9.79 Å². The zero-order valence-electron chi connectivity index (χ0n) is 23.2. The minimum absolute atomic E-state index is 0.238. The lowest BCUT2D eigenvalue weighted by Crippen LogP contribution is -2.40. The van der Waals surface area contributed by atoms with E-state index >= 15 is 0 Å². The topological polar surface area (TPSA) is 79.1 Å². The van der Waals surface area contributed by atoms with Gasteiger partial charge in [0.15, 0.2) is 16.3 Å². The smallest absolute Gasteiger partial charge is 0.338 e. The normalized spacial score (nSPS) is 14.8. The minimum Gasteiger partial charge on any atom is -0.490 e. The summed E-state index contributed by atoms with van der Waals surface area (Å²) in [5.74, 6) is 0.701. The number of carbonyl (C=O) groups excluding carboxylic acids is 1. The molecule has 3 aromatic carbocycles. The number of allylic oxidation sites excluding steroid dienone is 1. The molecule has 10 heteroatoms. The lowest BCUT2D eigenvalue weighted by molar-refractivity contribution is -0.136. The van der Waals surface area contributed by atoms with Gasteiger partial charge in [-0.2, -0.15) is 0 Å². The van der Waals surface area contributed by atoms with Gasteiger partial charge in [-0.1, -0.05) is 72.3 Å². The van der Waals surface area contributed by atoms with E-state index in [0.717, 1.165) is 20.3 Å². The maximum Gasteiger partial charge on any atom is 0.338 e. The molecule has 1 aliphatic heterocycles. The van der Waals surface area contributed by atoms with Crippen molar-refractivity contribution in [3.63, 3.8) is 0 Å². The molecule has 0 unspecified atom stereocenters. The molecule has 0 bridgehead atoms. The number of ether oxygens (including phenoxy) is 3. The molecule has 0 amide bonds. The van der Waals surface area contributed by atoms with Crippen LogP contribution in [0, 0.1) is 3.57 Å². The molecule has 0 saturated carbocycles. The molecule has 0 radical (unpaired) electrons. The summed E-state index contributed by atoms with van der Waals surface area (Å²) in [5.41, 5.74) is 3.27. The average Bonchev–Trinajstić information content (AvgIpc) is 3.30. The van der Waals surface area contributed by atoms with Crippen LogP contribution in [0.1, 0.15) is 43.0 Å². The first kappa shape index (κ1) is 30.1. The number of hydrogen-bond acceptors (Lipinski definition) is 7. The molecule has 0 fully saturated rings. The van der Waals surface area contributed by atoms with E-state index in [0.29, 0.717) is 56.8 Å². The molecule has 2 heterocycles. The summed E-state index contributed by atoms with van der Waals surface area (Å²) >= 11 is 9.64. The molecule has 0 spiro atoms. The summed E-state index contributed by atoms with van der Waals surface area (Å²) in [5, 5.41) is 0.645. The standard InChI is InChI=1S/C32H28ClIN2O5S/c1-4-24-27(31(38)39-3)28(21-11-7-6-8-12-21)36-30(37)26(42-32(36)35-24)17-20-15-23(34)29(25(16-20)40-5-2)41-18-19-10-9-13-22(33)14-19/h6-17,28H,4-5,18H2,1-3H3/b26-17+/t28-/m1/s1. The second-order valence-electron chi connectivity index (χ2n) is 9.38. The highest BCUT2D eigenvalue weighted by Crippen LogP contribution is 2.36. The van der Waals surface area contributed by atoms with E-state index in [9.17, 15) is 9.59 Å². The van der Waals surface area contributed by atoms with Gasteiger partial charge in [0.2, 0.25) is 0 Å². The first-order valence-corrected chi connectivity index (χ1v) is 15.6. The summed E-state index contributed by atoms with van der Waals surface area (Å²) in [6.45, 7) is 4.62. The molecular formula is C32H28ClIN2O5S. The van der Waals surface area contributed by atoms with Crippen LogP contribution in [0.4, 0.5) is 0 Å². The van der Waals surface area contributed by atoms with Gasteiger partial charge in [-0.15, -0.1) is 0 Å². The average molecular weight is 715 g/mol. The van der Waals surface area contributed by atoms with Crippen LogP contribution >= 0.6 is 45.5 Å². The maximum atomic E-state index is 13.9. The molecule has 0 aliphatic carbocycles. The van der Waals surface area contributed by atoms with Gasteiger partial charge >= 0.3 is 5.97 Å². The lowest BCUT2D eigenvalue weighted by Gasteiger charge is -2.25. The van der Waals surface area contributed by atoms with Crippen LogP contribution in [0.3, 0.4) is 0 Å².